The molecule has 1 unspecified atom stereocenters. The minimum Gasteiger partial charge on any atom is -0.481 e. The molecule has 1 saturated heterocycles. The normalized spacial score (nSPS) is 36.2. The molecule has 5 atom stereocenters. The van der Waals surface area contributed by atoms with E-state index in [9.17, 15) is 9.59 Å². The average Bonchev–Trinajstić information content (AvgIpc) is 3.06. The van der Waals surface area contributed by atoms with Crippen LogP contribution < -0.4 is 0 Å². The van der Waals surface area contributed by atoms with Gasteiger partial charge in [0, 0.05) is 36.8 Å². The molecule has 1 aliphatic heterocycles. The predicted molar refractivity (Wildman–Crippen MR) is 79.0 cm³/mol. The van der Waals surface area contributed by atoms with Crippen molar-refractivity contribution in [1.29, 1.82) is 0 Å². The number of aromatic nitrogens is 1. The van der Waals surface area contributed by atoms with E-state index in [1.807, 2.05) is 23.1 Å². The Hall–Kier alpha value is -1.91. The molecule has 1 N–H and O–H groups in total. The number of carbonyl (C=O) groups is 2. The lowest BCUT2D eigenvalue weighted by atomic mass is 10.0. The topological polar surface area (TPSA) is 70.5 Å². The third-order valence-corrected chi connectivity index (χ3v) is 5.59. The Morgan fingerprint density at radius 2 is 1.86 bits per heavy atom. The third-order valence-electron chi connectivity index (χ3n) is 5.59. The van der Waals surface area contributed by atoms with Gasteiger partial charge in [-0.05, 0) is 43.2 Å². The standard InChI is InChI=1S/C17H20N2O3/c20-16(14-7-13(14)15-3-1-2-4-18-15)19-8-11-5-10(17(21)22)6-12(11)9-19/h1-4,10-14H,5-9H2,(H,21,22)/t10?,11-,12+,13-,14-/m1/s1. The van der Waals surface area contributed by atoms with Gasteiger partial charge in [-0.3, -0.25) is 14.6 Å². The van der Waals surface area contributed by atoms with Gasteiger partial charge in [-0.25, -0.2) is 0 Å². The molecular formula is C17H20N2O3. The lowest BCUT2D eigenvalue weighted by molar-refractivity contribution is -0.141. The summed E-state index contributed by atoms with van der Waals surface area (Å²) in [5.41, 5.74) is 1.02. The van der Waals surface area contributed by atoms with Crippen molar-refractivity contribution in [2.75, 3.05) is 13.1 Å². The Labute approximate surface area is 129 Å². The summed E-state index contributed by atoms with van der Waals surface area (Å²) in [7, 11) is 0. The number of carboxylic acids is 1. The summed E-state index contributed by atoms with van der Waals surface area (Å²) in [4.78, 5) is 30.0. The fourth-order valence-corrected chi connectivity index (χ4v) is 4.31. The van der Waals surface area contributed by atoms with Crippen molar-refractivity contribution in [2.45, 2.75) is 25.2 Å². The number of pyridine rings is 1. The van der Waals surface area contributed by atoms with Crippen molar-refractivity contribution in [3.63, 3.8) is 0 Å². The number of likely N-dealkylation sites (tertiary alicyclic amines) is 1. The first-order chi connectivity index (χ1) is 10.6. The quantitative estimate of drug-likeness (QED) is 0.923. The maximum absolute atomic E-state index is 12.6. The SMILES string of the molecule is O=C(O)C1C[C@@H]2CN(C(=O)[C@@H]3C[C@H]3c3ccccn3)C[C@@H]2C1. The van der Waals surface area contributed by atoms with Gasteiger partial charge in [-0.2, -0.15) is 0 Å². The van der Waals surface area contributed by atoms with E-state index in [1.54, 1.807) is 6.20 Å². The van der Waals surface area contributed by atoms with E-state index in [4.69, 9.17) is 5.11 Å². The fraction of sp³-hybridized carbons (Fsp3) is 0.588. The summed E-state index contributed by atoms with van der Waals surface area (Å²) in [6, 6.07) is 5.85. The zero-order valence-electron chi connectivity index (χ0n) is 12.4. The van der Waals surface area contributed by atoms with Crippen molar-refractivity contribution in [1.82, 2.24) is 9.88 Å². The van der Waals surface area contributed by atoms with E-state index in [0.29, 0.717) is 11.8 Å². The number of rotatable bonds is 3. The molecule has 5 heteroatoms. The minimum atomic E-state index is -0.676. The fourth-order valence-electron chi connectivity index (χ4n) is 4.31. The Balaban J connectivity index is 1.36. The van der Waals surface area contributed by atoms with Crippen LogP contribution in [0.2, 0.25) is 0 Å². The zero-order valence-corrected chi connectivity index (χ0v) is 12.4. The van der Waals surface area contributed by atoms with Crippen LogP contribution in [0.25, 0.3) is 0 Å². The highest BCUT2D eigenvalue weighted by atomic mass is 16.4. The second-order valence-corrected chi connectivity index (χ2v) is 6.97. The van der Waals surface area contributed by atoms with Crippen molar-refractivity contribution >= 4 is 11.9 Å². The first-order valence-electron chi connectivity index (χ1n) is 8.06. The maximum atomic E-state index is 12.6. The molecule has 2 heterocycles. The first-order valence-corrected chi connectivity index (χ1v) is 8.06. The highest BCUT2D eigenvalue weighted by molar-refractivity contribution is 5.83. The largest absolute Gasteiger partial charge is 0.481 e. The Morgan fingerprint density at radius 3 is 2.45 bits per heavy atom. The van der Waals surface area contributed by atoms with Crippen LogP contribution in [0.5, 0.6) is 0 Å². The van der Waals surface area contributed by atoms with Gasteiger partial charge in [0.15, 0.2) is 0 Å². The third kappa shape index (κ3) is 2.28. The Morgan fingerprint density at radius 1 is 1.14 bits per heavy atom. The molecule has 3 aliphatic rings. The number of carboxylic acid groups (broad SMARTS) is 1. The Bertz CT molecular complexity index is 589. The number of nitrogens with zero attached hydrogens (tertiary/aromatic N) is 2. The molecule has 1 aromatic rings. The van der Waals surface area contributed by atoms with Gasteiger partial charge < -0.3 is 10.0 Å². The number of hydrogen-bond acceptors (Lipinski definition) is 3. The highest BCUT2D eigenvalue weighted by Crippen LogP contribution is 2.49. The molecule has 22 heavy (non-hydrogen) atoms. The van der Waals surface area contributed by atoms with E-state index in [1.165, 1.54) is 0 Å². The lowest BCUT2D eigenvalue weighted by Gasteiger charge is -2.18. The summed E-state index contributed by atoms with van der Waals surface area (Å²) >= 11 is 0. The molecule has 0 radical (unpaired) electrons. The summed E-state index contributed by atoms with van der Waals surface area (Å²) in [5.74, 6) is 0.509. The van der Waals surface area contributed by atoms with E-state index in [0.717, 1.165) is 38.0 Å². The number of carbonyl (C=O) groups excluding carboxylic acids is 1. The van der Waals surface area contributed by atoms with E-state index in [-0.39, 0.29) is 23.7 Å². The summed E-state index contributed by atoms with van der Waals surface area (Å²) < 4.78 is 0. The maximum Gasteiger partial charge on any atom is 0.306 e. The Kier molecular flexibility index (Phi) is 3.17. The predicted octanol–water partition coefficient (Wildman–Crippen LogP) is 1.75. The second kappa shape index (κ2) is 5.07. The zero-order chi connectivity index (χ0) is 15.3. The monoisotopic (exact) mass is 300 g/mol. The number of hydrogen-bond donors (Lipinski definition) is 1. The van der Waals surface area contributed by atoms with E-state index >= 15 is 0 Å². The van der Waals surface area contributed by atoms with E-state index < -0.39 is 5.97 Å². The van der Waals surface area contributed by atoms with Gasteiger partial charge in [0.05, 0.1) is 5.92 Å². The molecule has 2 aliphatic carbocycles. The van der Waals surface area contributed by atoms with Crippen LogP contribution in [-0.4, -0.2) is 40.0 Å². The second-order valence-electron chi connectivity index (χ2n) is 6.97. The molecule has 2 saturated carbocycles. The van der Waals surface area contributed by atoms with Crippen LogP contribution in [0.4, 0.5) is 0 Å². The lowest BCUT2D eigenvalue weighted by Crippen LogP contribution is -2.32. The van der Waals surface area contributed by atoms with Crippen LogP contribution in [0.3, 0.4) is 0 Å². The molecule has 0 bridgehead atoms. The molecule has 3 fully saturated rings. The van der Waals surface area contributed by atoms with Crippen LogP contribution in [-0.2, 0) is 9.59 Å². The summed E-state index contributed by atoms with van der Waals surface area (Å²) in [5, 5.41) is 9.12. The average molecular weight is 300 g/mol. The minimum absolute atomic E-state index is 0.0870. The highest BCUT2D eigenvalue weighted by Gasteiger charge is 2.50. The van der Waals surface area contributed by atoms with Gasteiger partial charge in [-0.15, -0.1) is 0 Å². The van der Waals surface area contributed by atoms with Crippen molar-refractivity contribution in [3.8, 4) is 0 Å². The van der Waals surface area contributed by atoms with Crippen LogP contribution in [0, 0.1) is 23.7 Å². The molecule has 0 aromatic carbocycles. The molecule has 4 rings (SSSR count). The van der Waals surface area contributed by atoms with Gasteiger partial charge in [0.1, 0.15) is 0 Å². The smallest absolute Gasteiger partial charge is 0.306 e. The van der Waals surface area contributed by atoms with Gasteiger partial charge in [-0.1, -0.05) is 6.07 Å². The molecule has 116 valence electrons. The van der Waals surface area contributed by atoms with Gasteiger partial charge in [0.2, 0.25) is 5.91 Å². The molecule has 5 nitrogen and oxygen atoms in total. The van der Waals surface area contributed by atoms with Crippen LogP contribution >= 0.6 is 0 Å². The van der Waals surface area contributed by atoms with Gasteiger partial charge >= 0.3 is 5.97 Å². The number of amides is 1. The van der Waals surface area contributed by atoms with Crippen molar-refractivity contribution in [2.24, 2.45) is 23.7 Å². The first kappa shape index (κ1) is 13.7. The molecule has 0 spiro atoms. The van der Waals surface area contributed by atoms with Crippen LogP contribution in [0.15, 0.2) is 24.4 Å². The van der Waals surface area contributed by atoms with Crippen molar-refractivity contribution in [3.05, 3.63) is 30.1 Å². The number of aliphatic carboxylic acids is 1. The molecular weight excluding hydrogens is 280 g/mol. The van der Waals surface area contributed by atoms with Crippen LogP contribution in [0.1, 0.15) is 30.9 Å². The van der Waals surface area contributed by atoms with Crippen molar-refractivity contribution < 1.29 is 14.7 Å². The van der Waals surface area contributed by atoms with E-state index in [2.05, 4.69) is 4.98 Å². The van der Waals surface area contributed by atoms with Gasteiger partial charge in [0.25, 0.3) is 0 Å². The summed E-state index contributed by atoms with van der Waals surface area (Å²) in [6.45, 7) is 1.50. The molecule has 1 aromatic heterocycles. The number of fused-ring (bicyclic) bond motifs is 1. The summed E-state index contributed by atoms with van der Waals surface area (Å²) in [6.07, 6.45) is 4.15. The molecule has 1 amide bonds.